The van der Waals surface area contributed by atoms with Crippen LogP contribution in [0.15, 0.2) is 66.9 Å². The van der Waals surface area contributed by atoms with E-state index in [1.165, 1.54) is 12.1 Å². The van der Waals surface area contributed by atoms with Crippen molar-refractivity contribution in [1.82, 2.24) is 9.97 Å². The topological polar surface area (TPSA) is 42.9 Å². The van der Waals surface area contributed by atoms with Crippen LogP contribution in [-0.4, -0.2) is 21.9 Å². The summed E-state index contributed by atoms with van der Waals surface area (Å²) in [5.74, 6) is -1.29. The molecule has 7 heteroatoms. The molecule has 1 aliphatic rings. The van der Waals surface area contributed by atoms with Crippen molar-refractivity contribution in [2.75, 3.05) is 0 Å². The third-order valence-electron chi connectivity index (χ3n) is 4.99. The predicted molar refractivity (Wildman–Crippen MR) is 94.3 cm³/mol. The molecule has 0 N–H and O–H groups in total. The summed E-state index contributed by atoms with van der Waals surface area (Å²) >= 11 is 0. The van der Waals surface area contributed by atoms with E-state index in [1.807, 2.05) is 6.07 Å². The number of aldehydes is 1. The zero-order chi connectivity index (χ0) is 19.9. The second-order valence-corrected chi connectivity index (χ2v) is 6.70. The molecule has 3 atom stereocenters. The molecule has 1 saturated carbocycles. The molecule has 0 saturated heterocycles. The van der Waals surface area contributed by atoms with Crippen molar-refractivity contribution in [2.24, 2.45) is 0 Å². The number of halogens is 4. The van der Waals surface area contributed by atoms with Gasteiger partial charge in [0.1, 0.15) is 5.69 Å². The van der Waals surface area contributed by atoms with Gasteiger partial charge in [-0.2, -0.15) is 13.2 Å². The molecule has 1 aromatic heterocycles. The quantitative estimate of drug-likeness (QED) is 0.471. The Balaban J connectivity index is 1.63. The average Bonchev–Trinajstić information content (AvgIpc) is 3.34. The third-order valence-corrected chi connectivity index (χ3v) is 4.99. The van der Waals surface area contributed by atoms with E-state index in [-0.39, 0.29) is 5.82 Å². The summed E-state index contributed by atoms with van der Waals surface area (Å²) in [4.78, 5) is 18.8. The van der Waals surface area contributed by atoms with Crippen molar-refractivity contribution in [3.8, 4) is 11.4 Å². The molecule has 2 aromatic carbocycles. The van der Waals surface area contributed by atoms with Gasteiger partial charge in [0.05, 0.1) is 0 Å². The maximum absolute atomic E-state index is 15.0. The standard InChI is InChI=1S/C21H14F4N2O/c22-20(12-28)17(13-4-2-1-3-5-13)18(20)14-6-8-15(9-7-14)19-26-11-10-16(27-19)21(23,24)25/h1-12,17-18H/t17?,18-,20+/m0/s1. The summed E-state index contributed by atoms with van der Waals surface area (Å²) in [5.41, 5.74) is -1.32. The molecular weight excluding hydrogens is 372 g/mol. The predicted octanol–water partition coefficient (Wildman–Crippen LogP) is 4.95. The van der Waals surface area contributed by atoms with Gasteiger partial charge in [0.25, 0.3) is 0 Å². The van der Waals surface area contributed by atoms with E-state index in [0.717, 1.165) is 17.8 Å². The molecule has 0 aliphatic heterocycles. The fraction of sp³-hybridized carbons (Fsp3) is 0.190. The summed E-state index contributed by atoms with van der Waals surface area (Å²) in [5, 5.41) is 0. The van der Waals surface area contributed by atoms with Gasteiger partial charge in [-0.15, -0.1) is 0 Å². The highest BCUT2D eigenvalue weighted by Gasteiger charge is 2.67. The minimum absolute atomic E-state index is 0.0707. The van der Waals surface area contributed by atoms with Gasteiger partial charge in [-0.05, 0) is 17.2 Å². The van der Waals surface area contributed by atoms with E-state index in [0.29, 0.717) is 17.4 Å². The van der Waals surface area contributed by atoms with Gasteiger partial charge < -0.3 is 0 Å². The van der Waals surface area contributed by atoms with Crippen molar-refractivity contribution in [3.63, 3.8) is 0 Å². The normalized spacial score (nSPS) is 24.0. The van der Waals surface area contributed by atoms with Crippen LogP contribution in [0.25, 0.3) is 11.4 Å². The molecule has 28 heavy (non-hydrogen) atoms. The number of alkyl halides is 4. The third kappa shape index (κ3) is 3.06. The lowest BCUT2D eigenvalue weighted by Gasteiger charge is -2.07. The number of aromatic nitrogens is 2. The minimum atomic E-state index is -4.56. The van der Waals surface area contributed by atoms with Crippen LogP contribution in [0.1, 0.15) is 28.7 Å². The lowest BCUT2D eigenvalue weighted by atomic mass is 10.0. The number of carbonyl (C=O) groups excluding carboxylic acids is 1. The summed E-state index contributed by atoms with van der Waals surface area (Å²) in [6, 6.07) is 16.0. The Morgan fingerprint density at radius 2 is 1.50 bits per heavy atom. The van der Waals surface area contributed by atoms with Crippen molar-refractivity contribution < 1.29 is 22.4 Å². The van der Waals surface area contributed by atoms with Crippen LogP contribution in [0, 0.1) is 0 Å². The lowest BCUT2D eigenvalue weighted by molar-refractivity contribution is -0.141. The summed E-state index contributed by atoms with van der Waals surface area (Å²) < 4.78 is 53.5. The van der Waals surface area contributed by atoms with Crippen molar-refractivity contribution in [3.05, 3.63) is 83.7 Å². The van der Waals surface area contributed by atoms with Crippen LogP contribution in [-0.2, 0) is 11.0 Å². The maximum atomic E-state index is 15.0. The summed E-state index contributed by atoms with van der Waals surface area (Å²) in [7, 11) is 0. The Kier molecular flexibility index (Phi) is 4.25. The largest absolute Gasteiger partial charge is 0.433 e. The van der Waals surface area contributed by atoms with Crippen molar-refractivity contribution >= 4 is 6.29 Å². The van der Waals surface area contributed by atoms with Gasteiger partial charge in [0.2, 0.25) is 0 Å². The van der Waals surface area contributed by atoms with Gasteiger partial charge in [0.15, 0.2) is 17.8 Å². The van der Waals surface area contributed by atoms with Gasteiger partial charge in [-0.3, -0.25) is 4.79 Å². The van der Waals surface area contributed by atoms with Crippen LogP contribution in [0.5, 0.6) is 0 Å². The Labute approximate surface area is 158 Å². The molecule has 142 valence electrons. The highest BCUT2D eigenvalue weighted by molar-refractivity contribution is 5.76. The molecule has 0 bridgehead atoms. The summed E-state index contributed by atoms with van der Waals surface area (Å²) in [6.07, 6.45) is -3.18. The zero-order valence-corrected chi connectivity index (χ0v) is 14.4. The molecule has 1 aliphatic carbocycles. The van der Waals surface area contributed by atoms with E-state index in [9.17, 15) is 18.0 Å². The van der Waals surface area contributed by atoms with Crippen LogP contribution in [0.3, 0.4) is 0 Å². The Bertz CT molecular complexity index is 1000. The second-order valence-electron chi connectivity index (χ2n) is 6.70. The Hall–Kier alpha value is -3.09. The highest BCUT2D eigenvalue weighted by atomic mass is 19.4. The Morgan fingerprint density at radius 3 is 2.07 bits per heavy atom. The zero-order valence-electron chi connectivity index (χ0n) is 14.4. The molecular formula is C21H14F4N2O. The molecule has 0 amide bonds. The molecule has 1 fully saturated rings. The average molecular weight is 386 g/mol. The number of benzene rings is 2. The van der Waals surface area contributed by atoms with E-state index in [2.05, 4.69) is 9.97 Å². The van der Waals surface area contributed by atoms with Crippen molar-refractivity contribution in [2.45, 2.75) is 23.7 Å². The van der Waals surface area contributed by atoms with Gasteiger partial charge in [0, 0.05) is 23.6 Å². The first kappa shape index (κ1) is 18.3. The molecule has 1 unspecified atom stereocenters. The summed E-state index contributed by atoms with van der Waals surface area (Å²) in [6.45, 7) is 0. The first-order valence-electron chi connectivity index (χ1n) is 8.55. The molecule has 4 rings (SSSR count). The first-order valence-corrected chi connectivity index (χ1v) is 8.55. The number of hydrogen-bond acceptors (Lipinski definition) is 3. The van der Waals surface area contributed by atoms with E-state index < -0.39 is 29.4 Å². The van der Waals surface area contributed by atoms with Crippen LogP contribution >= 0.6 is 0 Å². The SMILES string of the molecule is O=C[C@@]1(F)C(c2ccccc2)[C@@H]1c1ccc(-c2nccc(C(F)(F)F)n2)cc1. The van der Waals surface area contributed by atoms with E-state index >= 15 is 4.39 Å². The van der Waals surface area contributed by atoms with Crippen molar-refractivity contribution in [1.29, 1.82) is 0 Å². The fourth-order valence-corrected chi connectivity index (χ4v) is 3.57. The molecule has 3 aromatic rings. The second kappa shape index (κ2) is 6.51. The smallest absolute Gasteiger partial charge is 0.300 e. The van der Waals surface area contributed by atoms with Gasteiger partial charge >= 0.3 is 6.18 Å². The van der Waals surface area contributed by atoms with Crippen LogP contribution in [0.4, 0.5) is 17.6 Å². The first-order chi connectivity index (χ1) is 13.3. The fourth-order valence-electron chi connectivity index (χ4n) is 3.57. The van der Waals surface area contributed by atoms with E-state index in [1.54, 1.807) is 36.4 Å². The van der Waals surface area contributed by atoms with Gasteiger partial charge in [-0.1, -0.05) is 54.6 Å². The van der Waals surface area contributed by atoms with Crippen LogP contribution < -0.4 is 0 Å². The number of nitrogens with zero attached hydrogens (tertiary/aromatic N) is 2. The number of hydrogen-bond donors (Lipinski definition) is 0. The maximum Gasteiger partial charge on any atom is 0.433 e. The highest BCUT2D eigenvalue weighted by Crippen LogP contribution is 2.65. The molecule has 3 nitrogen and oxygen atoms in total. The van der Waals surface area contributed by atoms with E-state index in [4.69, 9.17) is 0 Å². The minimum Gasteiger partial charge on any atom is -0.300 e. The Morgan fingerprint density at radius 1 is 0.893 bits per heavy atom. The molecule has 1 heterocycles. The molecule has 0 spiro atoms. The number of carbonyl (C=O) groups is 1. The number of rotatable bonds is 4. The van der Waals surface area contributed by atoms with Gasteiger partial charge in [-0.25, -0.2) is 14.4 Å². The monoisotopic (exact) mass is 386 g/mol. The molecule has 0 radical (unpaired) electrons. The van der Waals surface area contributed by atoms with Crippen LogP contribution in [0.2, 0.25) is 0 Å². The lowest BCUT2D eigenvalue weighted by Crippen LogP contribution is -2.09.